The highest BCUT2D eigenvalue weighted by Crippen LogP contribution is 2.16. The molecule has 0 fully saturated rings. The van der Waals surface area contributed by atoms with Gasteiger partial charge in [0.15, 0.2) is 5.82 Å². The van der Waals surface area contributed by atoms with Crippen LogP contribution in [0.25, 0.3) is 11.6 Å². The molecule has 3 rings (SSSR count). The fourth-order valence-electron chi connectivity index (χ4n) is 1.75. The van der Waals surface area contributed by atoms with Crippen molar-refractivity contribution in [1.82, 2.24) is 19.7 Å². The lowest BCUT2D eigenvalue weighted by molar-refractivity contribution is 0.102. The van der Waals surface area contributed by atoms with Crippen molar-refractivity contribution in [2.24, 2.45) is 7.05 Å². The molecule has 0 saturated carbocycles. The molecule has 0 aliphatic carbocycles. The SMILES string of the molecule is Cn1ccnc1-c1noc(NC(=O)c2cccc(Cl)c2)n1. The lowest BCUT2D eigenvalue weighted by atomic mass is 10.2. The van der Waals surface area contributed by atoms with Gasteiger partial charge in [-0.3, -0.25) is 10.1 Å². The molecule has 2 heterocycles. The maximum Gasteiger partial charge on any atom is 0.328 e. The number of hydrogen-bond acceptors (Lipinski definition) is 5. The minimum absolute atomic E-state index is 0.00187. The van der Waals surface area contributed by atoms with E-state index in [2.05, 4.69) is 20.4 Å². The van der Waals surface area contributed by atoms with E-state index in [1.54, 1.807) is 41.2 Å². The molecule has 0 spiro atoms. The van der Waals surface area contributed by atoms with Crippen LogP contribution in [-0.4, -0.2) is 25.6 Å². The number of hydrogen-bond donors (Lipinski definition) is 1. The highest BCUT2D eigenvalue weighted by atomic mass is 35.5. The number of carbonyl (C=O) groups is 1. The molecule has 2 aromatic heterocycles. The average Bonchev–Trinajstić information content (AvgIpc) is 3.07. The van der Waals surface area contributed by atoms with Crippen molar-refractivity contribution in [3.63, 3.8) is 0 Å². The second kappa shape index (κ2) is 5.37. The zero-order valence-corrected chi connectivity index (χ0v) is 11.7. The molecular formula is C13H10ClN5O2. The third kappa shape index (κ3) is 2.77. The first-order valence-electron chi connectivity index (χ1n) is 6.02. The molecule has 0 atom stereocenters. The van der Waals surface area contributed by atoms with Crippen molar-refractivity contribution in [1.29, 1.82) is 0 Å². The molecule has 8 heteroatoms. The number of imidazole rings is 1. The highest BCUT2D eigenvalue weighted by molar-refractivity contribution is 6.31. The monoisotopic (exact) mass is 303 g/mol. The topological polar surface area (TPSA) is 85.8 Å². The minimum Gasteiger partial charge on any atom is -0.331 e. The van der Waals surface area contributed by atoms with E-state index in [4.69, 9.17) is 16.1 Å². The number of benzene rings is 1. The van der Waals surface area contributed by atoms with E-state index in [1.165, 1.54) is 0 Å². The molecule has 0 bridgehead atoms. The van der Waals surface area contributed by atoms with Crippen LogP contribution in [0.15, 0.2) is 41.2 Å². The van der Waals surface area contributed by atoms with Crippen LogP contribution in [0.3, 0.4) is 0 Å². The third-order valence-electron chi connectivity index (χ3n) is 2.75. The molecule has 1 amide bonds. The largest absolute Gasteiger partial charge is 0.331 e. The summed E-state index contributed by atoms with van der Waals surface area (Å²) in [6.45, 7) is 0. The summed E-state index contributed by atoms with van der Waals surface area (Å²) in [7, 11) is 1.81. The summed E-state index contributed by atoms with van der Waals surface area (Å²) >= 11 is 5.84. The summed E-state index contributed by atoms with van der Waals surface area (Å²) in [6, 6.07) is 6.55. The Bertz CT molecular complexity index is 795. The quantitative estimate of drug-likeness (QED) is 0.803. The van der Waals surface area contributed by atoms with Gasteiger partial charge in [0.05, 0.1) is 0 Å². The van der Waals surface area contributed by atoms with Gasteiger partial charge in [-0.05, 0) is 18.2 Å². The van der Waals surface area contributed by atoms with Gasteiger partial charge in [-0.25, -0.2) is 4.98 Å². The third-order valence-corrected chi connectivity index (χ3v) is 2.99. The van der Waals surface area contributed by atoms with Crippen LogP contribution in [0.1, 0.15) is 10.4 Å². The number of aromatic nitrogens is 4. The molecule has 0 saturated heterocycles. The molecule has 1 N–H and O–H groups in total. The second-order valence-electron chi connectivity index (χ2n) is 4.25. The van der Waals surface area contributed by atoms with Crippen molar-refractivity contribution in [3.05, 3.63) is 47.2 Å². The molecule has 0 radical (unpaired) electrons. The summed E-state index contributed by atoms with van der Waals surface area (Å²) in [5, 5.41) is 6.76. The normalized spacial score (nSPS) is 10.6. The van der Waals surface area contributed by atoms with E-state index in [9.17, 15) is 4.79 Å². The van der Waals surface area contributed by atoms with Crippen LogP contribution < -0.4 is 5.32 Å². The first-order valence-corrected chi connectivity index (χ1v) is 6.39. The van der Waals surface area contributed by atoms with Crippen LogP contribution in [-0.2, 0) is 7.05 Å². The summed E-state index contributed by atoms with van der Waals surface area (Å²) in [5.74, 6) is 0.457. The Balaban J connectivity index is 1.79. The number of anilines is 1. The van der Waals surface area contributed by atoms with Gasteiger partial charge in [-0.1, -0.05) is 22.8 Å². The Kier molecular flexibility index (Phi) is 3.41. The van der Waals surface area contributed by atoms with Crippen molar-refractivity contribution >= 4 is 23.5 Å². The fraction of sp³-hybridized carbons (Fsp3) is 0.0769. The van der Waals surface area contributed by atoms with Crippen LogP contribution in [0, 0.1) is 0 Å². The van der Waals surface area contributed by atoms with Gasteiger partial charge in [0, 0.05) is 30.0 Å². The Labute approximate surface area is 124 Å². The summed E-state index contributed by atoms with van der Waals surface area (Å²) in [6.07, 6.45) is 3.38. The summed E-state index contributed by atoms with van der Waals surface area (Å²) in [4.78, 5) is 20.2. The Morgan fingerprint density at radius 1 is 1.43 bits per heavy atom. The number of rotatable bonds is 3. The van der Waals surface area contributed by atoms with E-state index in [0.717, 1.165) is 0 Å². The minimum atomic E-state index is -0.382. The van der Waals surface area contributed by atoms with Gasteiger partial charge >= 0.3 is 6.01 Å². The maximum absolute atomic E-state index is 12.0. The van der Waals surface area contributed by atoms with Crippen LogP contribution in [0.2, 0.25) is 5.02 Å². The molecule has 106 valence electrons. The second-order valence-corrected chi connectivity index (χ2v) is 4.69. The van der Waals surface area contributed by atoms with Gasteiger partial charge in [0.25, 0.3) is 5.91 Å². The molecule has 0 unspecified atom stereocenters. The van der Waals surface area contributed by atoms with Gasteiger partial charge in [-0.15, -0.1) is 0 Å². The first kappa shape index (κ1) is 13.3. The fourth-order valence-corrected chi connectivity index (χ4v) is 1.94. The van der Waals surface area contributed by atoms with Gasteiger partial charge in [0.1, 0.15) is 0 Å². The predicted molar refractivity (Wildman–Crippen MR) is 75.9 cm³/mol. The van der Waals surface area contributed by atoms with Crippen molar-refractivity contribution < 1.29 is 9.32 Å². The number of nitrogens with zero attached hydrogens (tertiary/aromatic N) is 4. The molecule has 7 nitrogen and oxygen atoms in total. The van der Waals surface area contributed by atoms with E-state index < -0.39 is 0 Å². The Hall–Kier alpha value is -2.67. The van der Waals surface area contributed by atoms with Crippen LogP contribution >= 0.6 is 11.6 Å². The van der Waals surface area contributed by atoms with E-state index in [-0.39, 0.29) is 11.9 Å². The number of aryl methyl sites for hydroxylation is 1. The zero-order valence-electron chi connectivity index (χ0n) is 10.9. The number of halogens is 1. The molecule has 0 aliphatic heterocycles. The standard InChI is InChI=1S/C13H10ClN5O2/c1-19-6-5-15-11(19)10-16-13(21-18-10)17-12(20)8-3-2-4-9(14)7-8/h2-7H,1H3,(H,16,17,18,20). The maximum atomic E-state index is 12.0. The number of amides is 1. The van der Waals surface area contributed by atoms with E-state index in [1.807, 2.05) is 7.05 Å². The van der Waals surface area contributed by atoms with Crippen LogP contribution in [0.5, 0.6) is 0 Å². The van der Waals surface area contributed by atoms with Crippen molar-refractivity contribution in [2.75, 3.05) is 5.32 Å². The summed E-state index contributed by atoms with van der Waals surface area (Å²) < 4.78 is 6.73. The Morgan fingerprint density at radius 3 is 3.00 bits per heavy atom. The van der Waals surface area contributed by atoms with Crippen LogP contribution in [0.4, 0.5) is 6.01 Å². The molecule has 1 aromatic carbocycles. The zero-order chi connectivity index (χ0) is 14.8. The van der Waals surface area contributed by atoms with Crippen molar-refractivity contribution in [2.45, 2.75) is 0 Å². The first-order chi connectivity index (χ1) is 10.1. The lowest BCUT2D eigenvalue weighted by Gasteiger charge is -2.00. The van der Waals surface area contributed by atoms with Gasteiger partial charge in [-0.2, -0.15) is 4.98 Å². The molecule has 3 aromatic rings. The molecular weight excluding hydrogens is 294 g/mol. The number of nitrogens with one attached hydrogen (secondary N) is 1. The van der Waals surface area contributed by atoms with Crippen molar-refractivity contribution in [3.8, 4) is 11.6 Å². The molecule has 21 heavy (non-hydrogen) atoms. The Morgan fingerprint density at radius 2 is 2.29 bits per heavy atom. The van der Waals surface area contributed by atoms with Gasteiger partial charge < -0.3 is 9.09 Å². The summed E-state index contributed by atoms with van der Waals surface area (Å²) in [5.41, 5.74) is 0.402. The van der Waals surface area contributed by atoms with Gasteiger partial charge in [0.2, 0.25) is 5.82 Å². The predicted octanol–water partition coefficient (Wildman–Crippen LogP) is 2.38. The lowest BCUT2D eigenvalue weighted by Crippen LogP contribution is -2.12. The highest BCUT2D eigenvalue weighted by Gasteiger charge is 2.15. The molecule has 0 aliphatic rings. The van der Waals surface area contributed by atoms with E-state index in [0.29, 0.717) is 22.2 Å². The average molecular weight is 304 g/mol. The van der Waals surface area contributed by atoms with E-state index >= 15 is 0 Å². The number of carbonyl (C=O) groups excluding carboxylic acids is 1. The smallest absolute Gasteiger partial charge is 0.328 e.